The van der Waals surface area contributed by atoms with Crippen molar-refractivity contribution in [1.29, 1.82) is 0 Å². The quantitative estimate of drug-likeness (QED) is 0.427. The SMILES string of the molecule is CC(C)(C)OC(=O)N1CCN(Cc2ccc(-c3nc4c(N5CCN(CC6CCC6)CC5)c(Cl)cnc4[nH]3)cc2)CC1. The molecule has 3 fully saturated rings. The van der Waals surface area contributed by atoms with Crippen LogP contribution in [0.1, 0.15) is 45.6 Å². The van der Waals surface area contributed by atoms with Crippen LogP contribution in [0.5, 0.6) is 0 Å². The molecule has 1 N–H and O–H groups in total. The third-order valence-electron chi connectivity index (χ3n) is 8.53. The minimum absolute atomic E-state index is 0.225. The lowest BCUT2D eigenvalue weighted by Gasteiger charge is -2.39. The van der Waals surface area contributed by atoms with Crippen LogP contribution in [0, 0.1) is 5.92 Å². The molecular formula is C31H42ClN7O2. The largest absolute Gasteiger partial charge is 0.444 e. The van der Waals surface area contributed by atoms with Gasteiger partial charge in [0.25, 0.3) is 0 Å². The van der Waals surface area contributed by atoms with E-state index in [0.29, 0.717) is 18.1 Å². The van der Waals surface area contributed by atoms with Crippen molar-refractivity contribution in [2.45, 2.75) is 52.2 Å². The van der Waals surface area contributed by atoms with Gasteiger partial charge in [-0.15, -0.1) is 0 Å². The van der Waals surface area contributed by atoms with Gasteiger partial charge in [-0.2, -0.15) is 0 Å². The van der Waals surface area contributed by atoms with Gasteiger partial charge in [-0.05, 0) is 45.1 Å². The molecule has 3 aliphatic rings. The molecule has 9 nitrogen and oxygen atoms in total. The predicted octanol–water partition coefficient (Wildman–Crippen LogP) is 5.25. The number of rotatable bonds is 6. The van der Waals surface area contributed by atoms with Crippen molar-refractivity contribution in [2.75, 3.05) is 63.8 Å². The number of carbonyl (C=O) groups is 1. The van der Waals surface area contributed by atoms with Gasteiger partial charge in [0.1, 0.15) is 16.9 Å². The second-order valence-electron chi connectivity index (χ2n) is 12.8. The summed E-state index contributed by atoms with van der Waals surface area (Å²) in [7, 11) is 0. The van der Waals surface area contributed by atoms with Gasteiger partial charge < -0.3 is 19.5 Å². The molecule has 220 valence electrons. The highest BCUT2D eigenvalue weighted by Gasteiger charge is 2.27. The Kier molecular flexibility index (Phi) is 8.12. The Morgan fingerprint density at radius 1 is 1.00 bits per heavy atom. The van der Waals surface area contributed by atoms with Crippen molar-refractivity contribution in [3.63, 3.8) is 0 Å². The molecule has 10 heteroatoms. The standard InChI is InChI=1S/C31H42ClN7O2/c1-31(2,3)41-30(40)39-17-13-37(14-18-39)21-23-7-9-24(10-8-23)28-34-26-27(25(32)19-33-29(26)35-28)38-15-11-36(12-16-38)20-22-5-4-6-22/h7-10,19,22H,4-6,11-18,20-21H2,1-3H3,(H,33,34,35). The molecule has 0 radical (unpaired) electrons. The van der Waals surface area contributed by atoms with Crippen LogP contribution in [-0.2, 0) is 11.3 Å². The summed E-state index contributed by atoms with van der Waals surface area (Å²) in [5, 5.41) is 0.658. The van der Waals surface area contributed by atoms with Crippen molar-refractivity contribution >= 4 is 34.5 Å². The number of anilines is 1. The first-order valence-electron chi connectivity index (χ1n) is 15.0. The van der Waals surface area contributed by atoms with Crippen LogP contribution in [0.25, 0.3) is 22.6 Å². The number of benzene rings is 1. The molecular weight excluding hydrogens is 538 g/mol. The van der Waals surface area contributed by atoms with Crippen LogP contribution >= 0.6 is 11.6 Å². The van der Waals surface area contributed by atoms with Crippen molar-refractivity contribution in [3.05, 3.63) is 41.0 Å². The molecule has 0 atom stereocenters. The van der Waals surface area contributed by atoms with Crippen molar-refractivity contribution in [3.8, 4) is 11.4 Å². The minimum atomic E-state index is -0.468. The minimum Gasteiger partial charge on any atom is -0.444 e. The fraction of sp³-hybridized carbons (Fsp3) is 0.581. The summed E-state index contributed by atoms with van der Waals surface area (Å²) < 4.78 is 5.52. The van der Waals surface area contributed by atoms with E-state index >= 15 is 0 Å². The number of aromatic nitrogens is 3. The highest BCUT2D eigenvalue weighted by Crippen LogP contribution is 2.35. The Morgan fingerprint density at radius 3 is 2.32 bits per heavy atom. The maximum atomic E-state index is 12.4. The first-order valence-corrected chi connectivity index (χ1v) is 15.4. The zero-order valence-electron chi connectivity index (χ0n) is 24.5. The second-order valence-corrected chi connectivity index (χ2v) is 13.2. The zero-order valence-corrected chi connectivity index (χ0v) is 25.3. The van der Waals surface area contributed by atoms with Crippen molar-refractivity contribution in [1.82, 2.24) is 29.7 Å². The smallest absolute Gasteiger partial charge is 0.410 e. The van der Waals surface area contributed by atoms with E-state index in [-0.39, 0.29) is 6.09 Å². The average molecular weight is 580 g/mol. The molecule has 3 aromatic rings. The van der Waals surface area contributed by atoms with Crippen molar-refractivity contribution < 1.29 is 9.53 Å². The molecule has 2 saturated heterocycles. The number of ether oxygens (including phenoxy) is 1. The number of nitrogens with zero attached hydrogens (tertiary/aromatic N) is 6. The molecule has 0 unspecified atom stereocenters. The molecule has 0 spiro atoms. The lowest BCUT2D eigenvalue weighted by Crippen LogP contribution is -2.49. The molecule has 2 aliphatic heterocycles. The van der Waals surface area contributed by atoms with E-state index in [1.165, 1.54) is 31.4 Å². The van der Waals surface area contributed by atoms with Gasteiger partial charge in [-0.3, -0.25) is 9.80 Å². The maximum Gasteiger partial charge on any atom is 0.410 e. The predicted molar refractivity (Wildman–Crippen MR) is 163 cm³/mol. The third kappa shape index (κ3) is 6.63. The molecule has 1 amide bonds. The first-order chi connectivity index (χ1) is 19.7. The molecule has 0 bridgehead atoms. The Bertz CT molecular complexity index is 1350. The van der Waals surface area contributed by atoms with Crippen LogP contribution in [0.15, 0.2) is 30.5 Å². The number of fused-ring (bicyclic) bond motifs is 1. The van der Waals surface area contributed by atoms with Crippen LogP contribution < -0.4 is 4.90 Å². The molecule has 6 rings (SSSR count). The van der Waals surface area contributed by atoms with Gasteiger partial charge in [0.2, 0.25) is 0 Å². The number of hydrogen-bond acceptors (Lipinski definition) is 7. The van der Waals surface area contributed by atoms with Gasteiger partial charge in [0.15, 0.2) is 5.65 Å². The lowest BCUT2D eigenvalue weighted by molar-refractivity contribution is 0.0139. The summed E-state index contributed by atoms with van der Waals surface area (Å²) in [5.41, 5.74) is 4.38. The monoisotopic (exact) mass is 579 g/mol. The van der Waals surface area contributed by atoms with Crippen molar-refractivity contribution in [2.24, 2.45) is 5.92 Å². The highest BCUT2D eigenvalue weighted by atomic mass is 35.5. The van der Waals surface area contributed by atoms with Gasteiger partial charge in [-0.1, -0.05) is 42.3 Å². The summed E-state index contributed by atoms with van der Waals surface area (Å²) in [6.45, 7) is 14.8. The van der Waals surface area contributed by atoms with E-state index in [1.54, 1.807) is 11.1 Å². The van der Waals surface area contributed by atoms with Crippen LogP contribution in [-0.4, -0.2) is 100 Å². The molecule has 1 aliphatic carbocycles. The Labute approximate surface area is 247 Å². The number of aromatic amines is 1. The summed E-state index contributed by atoms with van der Waals surface area (Å²) in [6.07, 6.45) is 5.70. The van der Waals surface area contributed by atoms with Gasteiger partial charge in [0.05, 0.1) is 16.9 Å². The number of nitrogens with one attached hydrogen (secondary N) is 1. The van der Waals surface area contributed by atoms with Gasteiger partial charge in [0, 0.05) is 71.0 Å². The number of halogens is 1. The van der Waals surface area contributed by atoms with E-state index in [9.17, 15) is 4.79 Å². The van der Waals surface area contributed by atoms with E-state index in [1.807, 2.05) is 20.8 Å². The summed E-state index contributed by atoms with van der Waals surface area (Å²) >= 11 is 6.71. The first kappa shape index (κ1) is 28.2. The maximum absolute atomic E-state index is 12.4. The van der Waals surface area contributed by atoms with Crippen LogP contribution in [0.2, 0.25) is 5.02 Å². The number of H-pyrrole nitrogens is 1. The van der Waals surface area contributed by atoms with E-state index in [0.717, 1.165) is 80.0 Å². The van der Waals surface area contributed by atoms with E-state index < -0.39 is 5.60 Å². The number of amides is 1. The summed E-state index contributed by atoms with van der Waals surface area (Å²) in [6, 6.07) is 8.55. The summed E-state index contributed by atoms with van der Waals surface area (Å²) in [5.74, 6) is 1.70. The number of piperazine rings is 2. The summed E-state index contributed by atoms with van der Waals surface area (Å²) in [4.78, 5) is 34.5. The topological polar surface area (TPSA) is 80.8 Å². The number of pyridine rings is 1. The zero-order chi connectivity index (χ0) is 28.6. The molecule has 41 heavy (non-hydrogen) atoms. The van der Waals surface area contributed by atoms with Gasteiger partial charge in [-0.25, -0.2) is 14.8 Å². The Morgan fingerprint density at radius 2 is 1.68 bits per heavy atom. The lowest BCUT2D eigenvalue weighted by atomic mass is 9.85. The fourth-order valence-electron chi connectivity index (χ4n) is 5.99. The Hall–Kier alpha value is -2.88. The molecule has 1 aromatic carbocycles. The molecule has 1 saturated carbocycles. The third-order valence-corrected chi connectivity index (χ3v) is 8.81. The van der Waals surface area contributed by atoms with E-state index in [2.05, 4.69) is 48.9 Å². The Balaban J connectivity index is 1.08. The number of imidazole rings is 1. The average Bonchev–Trinajstić information content (AvgIpc) is 3.35. The second kappa shape index (κ2) is 11.8. The van der Waals surface area contributed by atoms with Gasteiger partial charge >= 0.3 is 6.09 Å². The highest BCUT2D eigenvalue weighted by molar-refractivity contribution is 6.34. The molecule has 2 aromatic heterocycles. The number of hydrogen-bond donors (Lipinski definition) is 1. The normalized spacial score (nSPS) is 19.5. The van der Waals surface area contributed by atoms with E-state index in [4.69, 9.17) is 21.3 Å². The van der Waals surface area contributed by atoms with Crippen LogP contribution in [0.4, 0.5) is 10.5 Å². The molecule has 4 heterocycles. The fourth-order valence-corrected chi connectivity index (χ4v) is 6.25. The number of carbonyl (C=O) groups excluding carboxylic acids is 1. The van der Waals surface area contributed by atoms with Crippen LogP contribution in [0.3, 0.4) is 0 Å².